The van der Waals surface area contributed by atoms with Gasteiger partial charge in [-0.25, -0.2) is 13.1 Å². The number of anilines is 1. The Bertz CT molecular complexity index is 1100. The lowest BCUT2D eigenvalue weighted by Crippen LogP contribution is -2.32. The fraction of sp³-hybridized carbons (Fsp3) is 0.391. The summed E-state index contributed by atoms with van der Waals surface area (Å²) in [5.41, 5.74) is 3.10. The van der Waals surface area contributed by atoms with Crippen molar-refractivity contribution in [2.75, 3.05) is 24.5 Å². The van der Waals surface area contributed by atoms with Crippen molar-refractivity contribution < 1.29 is 12.9 Å². The topological polar surface area (TPSA) is 88.3 Å². The van der Waals surface area contributed by atoms with Gasteiger partial charge in [0.15, 0.2) is 0 Å². The molecule has 2 heterocycles. The molecule has 31 heavy (non-hydrogen) atoms. The Hall–Kier alpha value is -2.71. The van der Waals surface area contributed by atoms with Gasteiger partial charge in [0.1, 0.15) is 0 Å². The van der Waals surface area contributed by atoms with Gasteiger partial charge in [-0.2, -0.15) is 4.98 Å². The van der Waals surface area contributed by atoms with Gasteiger partial charge in [-0.15, -0.1) is 0 Å². The zero-order chi connectivity index (χ0) is 21.8. The van der Waals surface area contributed by atoms with Crippen LogP contribution in [0.5, 0.6) is 0 Å². The largest absolute Gasteiger partial charge is 0.372 e. The minimum atomic E-state index is -3.56. The van der Waals surface area contributed by atoms with E-state index in [-0.39, 0.29) is 11.4 Å². The van der Waals surface area contributed by atoms with Crippen molar-refractivity contribution in [3.63, 3.8) is 0 Å². The number of hydrogen-bond acceptors (Lipinski definition) is 6. The first kappa shape index (κ1) is 21.5. The molecule has 1 aromatic heterocycles. The maximum Gasteiger partial charge on any atom is 0.240 e. The molecule has 0 unspecified atom stereocenters. The van der Waals surface area contributed by atoms with E-state index in [0.717, 1.165) is 30.1 Å². The molecule has 8 heteroatoms. The van der Waals surface area contributed by atoms with Crippen molar-refractivity contribution in [1.82, 2.24) is 14.9 Å². The van der Waals surface area contributed by atoms with E-state index in [1.54, 1.807) is 24.3 Å². The maximum atomic E-state index is 12.4. The number of benzene rings is 2. The molecule has 0 saturated carbocycles. The van der Waals surface area contributed by atoms with Crippen LogP contribution in [0.25, 0.3) is 11.4 Å². The first-order valence-electron chi connectivity index (χ1n) is 10.6. The Balaban J connectivity index is 1.33. The summed E-state index contributed by atoms with van der Waals surface area (Å²) >= 11 is 0. The molecule has 2 aromatic carbocycles. The van der Waals surface area contributed by atoms with E-state index < -0.39 is 10.0 Å². The summed E-state index contributed by atoms with van der Waals surface area (Å²) in [7, 11) is -3.56. The van der Waals surface area contributed by atoms with Crippen LogP contribution in [-0.2, 0) is 16.4 Å². The molecule has 1 aliphatic rings. The minimum absolute atomic E-state index is 0.185. The van der Waals surface area contributed by atoms with Crippen molar-refractivity contribution in [2.45, 2.75) is 38.0 Å². The van der Waals surface area contributed by atoms with Crippen LogP contribution in [0.1, 0.15) is 31.2 Å². The molecule has 0 amide bonds. The number of aryl methyl sites for hydroxylation is 1. The third-order valence-electron chi connectivity index (χ3n) is 5.70. The maximum absolute atomic E-state index is 12.4. The Morgan fingerprint density at radius 1 is 1.06 bits per heavy atom. The van der Waals surface area contributed by atoms with Crippen LogP contribution in [0.15, 0.2) is 57.9 Å². The van der Waals surface area contributed by atoms with Gasteiger partial charge in [-0.3, -0.25) is 0 Å². The van der Waals surface area contributed by atoms with Crippen molar-refractivity contribution in [3.05, 3.63) is 60.0 Å². The average molecular weight is 441 g/mol. The van der Waals surface area contributed by atoms with Gasteiger partial charge in [0.05, 0.1) is 4.90 Å². The van der Waals surface area contributed by atoms with Gasteiger partial charge < -0.3 is 9.42 Å². The van der Waals surface area contributed by atoms with E-state index in [0.29, 0.717) is 18.1 Å². The molecule has 0 aliphatic carbocycles. The standard InChI is InChI=1S/C23H28N4O3S/c1-17-3-9-21(10-4-17)31(28,29)24-14-11-22-25-23(26-30-22)19-5-7-20(8-6-19)27-15-12-18(2)13-16-27/h3-10,18,24H,11-16H2,1-2H3. The molecular formula is C23H28N4O3S. The van der Waals surface area contributed by atoms with Gasteiger partial charge in [0.2, 0.25) is 21.7 Å². The highest BCUT2D eigenvalue weighted by Gasteiger charge is 2.17. The van der Waals surface area contributed by atoms with Crippen LogP contribution in [0.2, 0.25) is 0 Å². The number of aromatic nitrogens is 2. The summed E-state index contributed by atoms with van der Waals surface area (Å²) in [5, 5.41) is 4.04. The van der Waals surface area contributed by atoms with E-state index in [1.807, 2.05) is 19.1 Å². The third kappa shape index (κ3) is 5.32. The molecule has 1 saturated heterocycles. The van der Waals surface area contributed by atoms with E-state index in [9.17, 15) is 8.42 Å². The zero-order valence-electron chi connectivity index (χ0n) is 17.9. The molecule has 4 rings (SSSR count). The number of rotatable bonds is 7. The van der Waals surface area contributed by atoms with Gasteiger partial charge in [-0.05, 0) is 62.1 Å². The lowest BCUT2D eigenvalue weighted by Gasteiger charge is -2.32. The summed E-state index contributed by atoms with van der Waals surface area (Å²) in [6.45, 7) is 6.58. The SMILES string of the molecule is Cc1ccc(S(=O)(=O)NCCc2nc(-c3ccc(N4CCC(C)CC4)cc3)no2)cc1. The Morgan fingerprint density at radius 2 is 1.74 bits per heavy atom. The second-order valence-corrected chi connectivity index (χ2v) is 9.96. The summed E-state index contributed by atoms with van der Waals surface area (Å²) in [4.78, 5) is 7.06. The number of nitrogens with one attached hydrogen (secondary N) is 1. The predicted molar refractivity (Wildman–Crippen MR) is 120 cm³/mol. The van der Waals surface area contributed by atoms with Crippen molar-refractivity contribution in [1.29, 1.82) is 0 Å². The highest BCUT2D eigenvalue weighted by Crippen LogP contribution is 2.25. The quantitative estimate of drug-likeness (QED) is 0.601. The van der Waals surface area contributed by atoms with Gasteiger partial charge in [0.25, 0.3) is 0 Å². The van der Waals surface area contributed by atoms with Crippen molar-refractivity contribution in [2.24, 2.45) is 5.92 Å². The van der Waals surface area contributed by atoms with Gasteiger partial charge >= 0.3 is 0 Å². The third-order valence-corrected chi connectivity index (χ3v) is 7.18. The van der Waals surface area contributed by atoms with E-state index >= 15 is 0 Å². The normalized spacial score (nSPS) is 15.4. The highest BCUT2D eigenvalue weighted by molar-refractivity contribution is 7.89. The summed E-state index contributed by atoms with van der Waals surface area (Å²) < 4.78 is 32.6. The molecule has 3 aromatic rings. The number of hydrogen-bond donors (Lipinski definition) is 1. The number of piperidine rings is 1. The molecule has 1 fully saturated rings. The van der Waals surface area contributed by atoms with Gasteiger partial charge in [0, 0.05) is 37.3 Å². The molecule has 1 N–H and O–H groups in total. The molecule has 7 nitrogen and oxygen atoms in total. The van der Waals surface area contributed by atoms with Crippen molar-refractivity contribution >= 4 is 15.7 Å². The predicted octanol–water partition coefficient (Wildman–Crippen LogP) is 3.80. The van der Waals surface area contributed by atoms with E-state index in [2.05, 4.69) is 38.8 Å². The Kier molecular flexibility index (Phi) is 6.38. The smallest absolute Gasteiger partial charge is 0.240 e. The first-order chi connectivity index (χ1) is 14.9. The lowest BCUT2D eigenvalue weighted by molar-refractivity contribution is 0.379. The van der Waals surface area contributed by atoms with Gasteiger partial charge in [-0.1, -0.05) is 29.8 Å². The summed E-state index contributed by atoms with van der Waals surface area (Å²) in [6, 6.07) is 14.9. The Morgan fingerprint density at radius 3 is 2.42 bits per heavy atom. The molecule has 0 radical (unpaired) electrons. The minimum Gasteiger partial charge on any atom is -0.372 e. The molecule has 0 spiro atoms. The average Bonchev–Trinajstić information content (AvgIpc) is 3.23. The number of sulfonamides is 1. The summed E-state index contributed by atoms with van der Waals surface area (Å²) in [5.74, 6) is 1.71. The summed E-state index contributed by atoms with van der Waals surface area (Å²) in [6.07, 6.45) is 2.77. The Labute approximate surface area is 183 Å². The highest BCUT2D eigenvalue weighted by atomic mass is 32.2. The second kappa shape index (κ2) is 9.20. The monoisotopic (exact) mass is 440 g/mol. The van der Waals surface area contributed by atoms with Crippen molar-refractivity contribution in [3.8, 4) is 11.4 Å². The fourth-order valence-corrected chi connectivity index (χ4v) is 4.69. The molecule has 0 bridgehead atoms. The van der Waals surface area contributed by atoms with Crippen LogP contribution in [0, 0.1) is 12.8 Å². The molecule has 164 valence electrons. The van der Waals surface area contributed by atoms with E-state index in [4.69, 9.17) is 4.52 Å². The van der Waals surface area contributed by atoms with E-state index in [1.165, 1.54) is 18.5 Å². The molecular weight excluding hydrogens is 412 g/mol. The zero-order valence-corrected chi connectivity index (χ0v) is 18.7. The second-order valence-electron chi connectivity index (χ2n) is 8.19. The lowest BCUT2D eigenvalue weighted by atomic mass is 9.98. The van der Waals surface area contributed by atoms with Crippen LogP contribution >= 0.6 is 0 Å². The fourth-order valence-electron chi connectivity index (χ4n) is 3.65. The van der Waals surface area contributed by atoms with Crippen LogP contribution in [0.3, 0.4) is 0 Å². The molecule has 0 atom stereocenters. The van der Waals surface area contributed by atoms with Crippen LogP contribution in [0.4, 0.5) is 5.69 Å². The van der Waals surface area contributed by atoms with Crippen LogP contribution < -0.4 is 9.62 Å². The van der Waals surface area contributed by atoms with Crippen LogP contribution in [-0.4, -0.2) is 38.2 Å². The first-order valence-corrected chi connectivity index (χ1v) is 12.1. The molecule has 1 aliphatic heterocycles. The number of nitrogens with zero attached hydrogens (tertiary/aromatic N) is 3.